The van der Waals surface area contributed by atoms with E-state index in [9.17, 15) is 4.79 Å². The van der Waals surface area contributed by atoms with E-state index in [4.69, 9.17) is 0 Å². The molecule has 2 N–H and O–H groups in total. The number of aromatic nitrogens is 2. The van der Waals surface area contributed by atoms with Crippen LogP contribution < -0.4 is 10.6 Å². The summed E-state index contributed by atoms with van der Waals surface area (Å²) in [5.74, 6) is 0.689. The van der Waals surface area contributed by atoms with Gasteiger partial charge < -0.3 is 10.6 Å². The highest BCUT2D eigenvalue weighted by Gasteiger charge is 2.15. The summed E-state index contributed by atoms with van der Waals surface area (Å²) >= 11 is 1.59. The van der Waals surface area contributed by atoms with Gasteiger partial charge in [-0.3, -0.25) is 4.79 Å². The van der Waals surface area contributed by atoms with Gasteiger partial charge in [0.2, 0.25) is 5.91 Å². The Morgan fingerprint density at radius 1 is 1.50 bits per heavy atom. The Hall–Kier alpha value is -1.69. The van der Waals surface area contributed by atoms with Crippen molar-refractivity contribution in [1.29, 1.82) is 0 Å². The number of rotatable bonds is 4. The van der Waals surface area contributed by atoms with Gasteiger partial charge in [-0.25, -0.2) is 9.97 Å². The average molecular weight is 264 g/mol. The SMILES string of the molecule is CCNC(=O)C(C)Nc1ncnc2c(C)csc12. The lowest BCUT2D eigenvalue weighted by Gasteiger charge is -2.14. The third kappa shape index (κ3) is 2.43. The first-order chi connectivity index (χ1) is 8.63. The number of aryl methyl sites for hydroxylation is 1. The van der Waals surface area contributed by atoms with E-state index in [1.807, 2.05) is 26.2 Å². The summed E-state index contributed by atoms with van der Waals surface area (Å²) in [7, 11) is 0. The Labute approximate surface area is 110 Å². The molecule has 18 heavy (non-hydrogen) atoms. The first-order valence-electron chi connectivity index (χ1n) is 5.86. The maximum Gasteiger partial charge on any atom is 0.242 e. The summed E-state index contributed by atoms with van der Waals surface area (Å²) < 4.78 is 0.992. The van der Waals surface area contributed by atoms with E-state index >= 15 is 0 Å². The maximum absolute atomic E-state index is 11.7. The molecule has 0 aliphatic heterocycles. The van der Waals surface area contributed by atoms with Gasteiger partial charge in [0.15, 0.2) is 0 Å². The number of hydrogen-bond donors (Lipinski definition) is 2. The fourth-order valence-corrected chi connectivity index (χ4v) is 2.63. The van der Waals surface area contributed by atoms with E-state index in [1.54, 1.807) is 11.3 Å². The Balaban J connectivity index is 2.24. The molecule has 1 atom stereocenters. The van der Waals surface area contributed by atoms with Crippen molar-refractivity contribution in [3.8, 4) is 0 Å². The largest absolute Gasteiger partial charge is 0.357 e. The smallest absolute Gasteiger partial charge is 0.242 e. The number of nitrogens with one attached hydrogen (secondary N) is 2. The Morgan fingerprint density at radius 3 is 3.00 bits per heavy atom. The Kier molecular flexibility index (Phi) is 3.76. The number of hydrogen-bond acceptors (Lipinski definition) is 5. The molecular weight excluding hydrogens is 248 g/mol. The van der Waals surface area contributed by atoms with Crippen LogP contribution in [-0.4, -0.2) is 28.5 Å². The number of carbonyl (C=O) groups is 1. The third-order valence-corrected chi connectivity index (χ3v) is 3.72. The minimum atomic E-state index is -0.314. The summed E-state index contributed by atoms with van der Waals surface area (Å²) in [6.07, 6.45) is 1.52. The van der Waals surface area contributed by atoms with Crippen molar-refractivity contribution in [2.45, 2.75) is 26.8 Å². The predicted molar refractivity (Wildman–Crippen MR) is 73.9 cm³/mol. The van der Waals surface area contributed by atoms with Gasteiger partial charge in [-0.05, 0) is 31.7 Å². The van der Waals surface area contributed by atoms with Crippen molar-refractivity contribution in [3.05, 3.63) is 17.3 Å². The molecule has 6 heteroatoms. The number of fused-ring (bicyclic) bond motifs is 1. The summed E-state index contributed by atoms with van der Waals surface area (Å²) in [6, 6.07) is -0.314. The molecule has 0 saturated heterocycles. The maximum atomic E-state index is 11.7. The first-order valence-corrected chi connectivity index (χ1v) is 6.74. The highest BCUT2D eigenvalue weighted by Crippen LogP contribution is 2.28. The van der Waals surface area contributed by atoms with E-state index in [-0.39, 0.29) is 11.9 Å². The lowest BCUT2D eigenvalue weighted by molar-refractivity contribution is -0.121. The molecule has 0 bridgehead atoms. The molecule has 0 radical (unpaired) electrons. The van der Waals surface area contributed by atoms with Gasteiger partial charge in [0.25, 0.3) is 0 Å². The minimum Gasteiger partial charge on any atom is -0.357 e. The number of amides is 1. The quantitative estimate of drug-likeness (QED) is 0.885. The molecule has 2 rings (SSSR count). The Bertz CT molecular complexity index is 566. The van der Waals surface area contributed by atoms with Crippen molar-refractivity contribution in [2.24, 2.45) is 0 Å². The van der Waals surface area contributed by atoms with Crippen molar-refractivity contribution in [2.75, 3.05) is 11.9 Å². The second-order valence-corrected chi connectivity index (χ2v) is 4.96. The molecule has 2 aromatic heterocycles. The van der Waals surface area contributed by atoms with Crippen molar-refractivity contribution in [1.82, 2.24) is 15.3 Å². The second kappa shape index (κ2) is 5.30. The van der Waals surface area contributed by atoms with Crippen molar-refractivity contribution >= 4 is 33.3 Å². The minimum absolute atomic E-state index is 0.0301. The summed E-state index contributed by atoms with van der Waals surface area (Å²) in [6.45, 7) is 6.36. The van der Waals surface area contributed by atoms with E-state index in [0.717, 1.165) is 21.6 Å². The predicted octanol–water partition coefficient (Wildman–Crippen LogP) is 1.94. The lowest BCUT2D eigenvalue weighted by Crippen LogP contribution is -2.37. The molecule has 2 aromatic rings. The third-order valence-electron chi connectivity index (χ3n) is 2.63. The second-order valence-electron chi connectivity index (χ2n) is 4.08. The molecule has 0 spiro atoms. The van der Waals surface area contributed by atoms with Gasteiger partial charge in [-0.1, -0.05) is 0 Å². The van der Waals surface area contributed by atoms with Crippen LogP contribution in [0.3, 0.4) is 0 Å². The van der Waals surface area contributed by atoms with E-state index in [1.165, 1.54) is 6.33 Å². The molecule has 0 aliphatic carbocycles. The molecule has 1 amide bonds. The molecule has 0 aliphatic rings. The molecule has 0 fully saturated rings. The summed E-state index contributed by atoms with van der Waals surface area (Å²) in [4.78, 5) is 20.1. The van der Waals surface area contributed by atoms with E-state index in [0.29, 0.717) is 6.54 Å². The van der Waals surface area contributed by atoms with Crippen LogP contribution in [0.25, 0.3) is 10.2 Å². The van der Waals surface area contributed by atoms with Crippen molar-refractivity contribution in [3.63, 3.8) is 0 Å². The van der Waals surface area contributed by atoms with Crippen LogP contribution in [0.15, 0.2) is 11.7 Å². The van der Waals surface area contributed by atoms with Crippen LogP contribution in [0.5, 0.6) is 0 Å². The highest BCUT2D eigenvalue weighted by molar-refractivity contribution is 7.18. The Morgan fingerprint density at radius 2 is 2.28 bits per heavy atom. The molecule has 0 aromatic carbocycles. The van der Waals surface area contributed by atoms with Crippen LogP contribution in [0, 0.1) is 6.92 Å². The van der Waals surface area contributed by atoms with Crippen LogP contribution in [0.1, 0.15) is 19.4 Å². The number of likely N-dealkylation sites (N-methyl/N-ethyl adjacent to an activating group) is 1. The molecule has 96 valence electrons. The molecule has 2 heterocycles. The molecule has 5 nitrogen and oxygen atoms in total. The molecular formula is C12H16N4OS. The lowest BCUT2D eigenvalue weighted by atomic mass is 10.3. The highest BCUT2D eigenvalue weighted by atomic mass is 32.1. The average Bonchev–Trinajstić information content (AvgIpc) is 2.73. The fraction of sp³-hybridized carbons (Fsp3) is 0.417. The van der Waals surface area contributed by atoms with Gasteiger partial charge in [0, 0.05) is 6.54 Å². The van der Waals surface area contributed by atoms with Gasteiger partial charge in [-0.2, -0.15) is 0 Å². The van der Waals surface area contributed by atoms with E-state index < -0.39 is 0 Å². The normalized spacial score (nSPS) is 12.4. The number of thiophene rings is 1. The van der Waals surface area contributed by atoms with Gasteiger partial charge in [0.05, 0.1) is 10.2 Å². The van der Waals surface area contributed by atoms with E-state index in [2.05, 4.69) is 20.6 Å². The number of nitrogens with zero attached hydrogens (tertiary/aromatic N) is 2. The fourth-order valence-electron chi connectivity index (χ4n) is 1.67. The van der Waals surface area contributed by atoms with Gasteiger partial charge in [0.1, 0.15) is 18.2 Å². The standard InChI is InChI=1S/C12H16N4OS/c1-4-13-12(17)8(3)16-11-10-9(14-6-15-11)7(2)5-18-10/h5-6,8H,4H2,1-3H3,(H,13,17)(H,14,15,16). The first kappa shape index (κ1) is 12.8. The number of carbonyl (C=O) groups excluding carboxylic acids is 1. The zero-order chi connectivity index (χ0) is 13.1. The van der Waals surface area contributed by atoms with Gasteiger partial charge in [-0.15, -0.1) is 11.3 Å². The van der Waals surface area contributed by atoms with Crippen LogP contribution in [0.2, 0.25) is 0 Å². The zero-order valence-corrected chi connectivity index (χ0v) is 11.5. The van der Waals surface area contributed by atoms with Crippen molar-refractivity contribution < 1.29 is 4.79 Å². The summed E-state index contributed by atoms with van der Waals surface area (Å²) in [5, 5.41) is 7.95. The molecule has 1 unspecified atom stereocenters. The summed E-state index contributed by atoms with van der Waals surface area (Å²) in [5.41, 5.74) is 2.08. The van der Waals surface area contributed by atoms with Crippen LogP contribution in [0.4, 0.5) is 5.82 Å². The molecule has 0 saturated carbocycles. The van der Waals surface area contributed by atoms with Crippen LogP contribution in [-0.2, 0) is 4.79 Å². The van der Waals surface area contributed by atoms with Gasteiger partial charge >= 0.3 is 0 Å². The van der Waals surface area contributed by atoms with Crippen LogP contribution >= 0.6 is 11.3 Å². The monoisotopic (exact) mass is 264 g/mol. The zero-order valence-electron chi connectivity index (χ0n) is 10.7. The number of anilines is 1. The topological polar surface area (TPSA) is 66.9 Å².